The van der Waals surface area contributed by atoms with Gasteiger partial charge < -0.3 is 9.99 Å². The lowest BCUT2D eigenvalue weighted by Gasteiger charge is -2.34. The minimum Gasteiger partial charge on any atom is -0.363 e. The first-order chi connectivity index (χ1) is 5.29. The molecule has 1 aliphatic rings. The highest BCUT2D eigenvalue weighted by atomic mass is 15.6. The average Bonchev–Trinajstić information content (AvgIpc) is 2.45. The van der Waals surface area contributed by atoms with E-state index in [2.05, 4.69) is 35.2 Å². The number of H-pyrrole nitrogens is 1. The molecule has 0 atom stereocenters. The Labute approximate surface area is 66.6 Å². The summed E-state index contributed by atoms with van der Waals surface area (Å²) < 4.78 is 0. The van der Waals surface area contributed by atoms with Crippen molar-refractivity contribution in [1.29, 1.82) is 0 Å². The van der Waals surface area contributed by atoms with E-state index in [4.69, 9.17) is 0 Å². The molecule has 1 aromatic heterocycles. The van der Waals surface area contributed by atoms with Crippen LogP contribution in [-0.4, -0.2) is 30.6 Å². The van der Waals surface area contributed by atoms with Gasteiger partial charge in [0.15, 0.2) is 0 Å². The van der Waals surface area contributed by atoms with Crippen LogP contribution in [0.2, 0.25) is 0 Å². The highest BCUT2D eigenvalue weighted by Crippen LogP contribution is 2.23. The Balaban J connectivity index is 2.38. The van der Waals surface area contributed by atoms with E-state index in [1.54, 1.807) is 0 Å². The van der Waals surface area contributed by atoms with Crippen molar-refractivity contribution in [1.82, 2.24) is 9.99 Å². The van der Waals surface area contributed by atoms with Crippen molar-refractivity contribution in [3.05, 3.63) is 18.0 Å². The Hall–Kier alpha value is -0.960. The van der Waals surface area contributed by atoms with Gasteiger partial charge in [0.1, 0.15) is 0 Å². The van der Waals surface area contributed by atoms with Crippen LogP contribution in [0.3, 0.4) is 0 Å². The molecular weight excluding hydrogens is 138 g/mol. The van der Waals surface area contributed by atoms with E-state index in [1.807, 2.05) is 6.20 Å². The molecule has 0 saturated carbocycles. The van der Waals surface area contributed by atoms with Crippen LogP contribution in [0, 0.1) is 0 Å². The second kappa shape index (κ2) is 2.27. The third-order valence-electron chi connectivity index (χ3n) is 2.35. The number of hydrazine groups is 1. The Morgan fingerprint density at radius 1 is 1.45 bits per heavy atom. The third kappa shape index (κ3) is 0.922. The number of anilines is 1. The second-order valence-corrected chi connectivity index (χ2v) is 3.00. The molecule has 11 heavy (non-hydrogen) atoms. The fourth-order valence-electron chi connectivity index (χ4n) is 1.51. The average molecular weight is 151 g/mol. The van der Waals surface area contributed by atoms with Crippen molar-refractivity contribution < 1.29 is 0 Å². The number of rotatable bonds is 0. The predicted molar refractivity (Wildman–Crippen MR) is 45.5 cm³/mol. The van der Waals surface area contributed by atoms with Gasteiger partial charge in [0, 0.05) is 39.0 Å². The molecule has 2 heterocycles. The third-order valence-corrected chi connectivity index (χ3v) is 2.35. The highest BCUT2D eigenvalue weighted by Gasteiger charge is 2.17. The fourth-order valence-corrected chi connectivity index (χ4v) is 1.51. The van der Waals surface area contributed by atoms with Gasteiger partial charge in [0.25, 0.3) is 0 Å². The molecule has 0 radical (unpaired) electrons. The van der Waals surface area contributed by atoms with E-state index in [9.17, 15) is 0 Å². The van der Waals surface area contributed by atoms with Gasteiger partial charge in [-0.25, -0.2) is 5.01 Å². The Morgan fingerprint density at radius 3 is 3.09 bits per heavy atom. The van der Waals surface area contributed by atoms with Crippen LogP contribution in [0.5, 0.6) is 0 Å². The Morgan fingerprint density at radius 2 is 2.27 bits per heavy atom. The zero-order valence-electron chi connectivity index (χ0n) is 6.96. The fraction of sp³-hybridized carbons (Fsp3) is 0.500. The van der Waals surface area contributed by atoms with Crippen LogP contribution >= 0.6 is 0 Å². The number of aromatic nitrogens is 1. The zero-order chi connectivity index (χ0) is 7.84. The Kier molecular flexibility index (Phi) is 1.39. The van der Waals surface area contributed by atoms with Gasteiger partial charge in [-0.15, -0.1) is 0 Å². The number of nitrogens with zero attached hydrogens (tertiary/aromatic N) is 2. The van der Waals surface area contributed by atoms with Crippen molar-refractivity contribution >= 4 is 5.69 Å². The molecule has 1 aromatic rings. The topological polar surface area (TPSA) is 22.3 Å². The number of hydrogen-bond acceptors (Lipinski definition) is 2. The normalized spacial score (nSPS) is 18.5. The first-order valence-electron chi connectivity index (χ1n) is 3.90. The van der Waals surface area contributed by atoms with E-state index in [-0.39, 0.29) is 0 Å². The molecule has 0 amide bonds. The summed E-state index contributed by atoms with van der Waals surface area (Å²) in [5.41, 5.74) is 2.66. The smallest absolute Gasteiger partial charge is 0.0726 e. The monoisotopic (exact) mass is 151 g/mol. The molecule has 3 nitrogen and oxygen atoms in total. The molecule has 0 saturated heterocycles. The molecule has 0 aromatic carbocycles. The van der Waals surface area contributed by atoms with Crippen molar-refractivity contribution in [3.63, 3.8) is 0 Å². The van der Waals surface area contributed by atoms with Gasteiger partial charge in [-0.2, -0.15) is 0 Å². The number of likely N-dealkylation sites (N-methyl/N-ethyl adjacent to an activating group) is 1. The maximum Gasteiger partial charge on any atom is 0.0726 e. The quantitative estimate of drug-likeness (QED) is 0.594. The highest BCUT2D eigenvalue weighted by molar-refractivity contribution is 5.51. The maximum atomic E-state index is 3.24. The summed E-state index contributed by atoms with van der Waals surface area (Å²) >= 11 is 0. The summed E-state index contributed by atoms with van der Waals surface area (Å²) in [4.78, 5) is 3.24. The van der Waals surface area contributed by atoms with Crippen molar-refractivity contribution in [2.24, 2.45) is 0 Å². The summed E-state index contributed by atoms with van der Waals surface area (Å²) in [7, 11) is 4.20. The molecule has 1 aliphatic heterocycles. The lowest BCUT2D eigenvalue weighted by Crippen LogP contribution is -2.41. The molecule has 0 aliphatic carbocycles. The SMILES string of the molecule is CN1CCc2[nH]ccc2N1C. The predicted octanol–water partition coefficient (Wildman–Crippen LogP) is 0.854. The molecule has 0 bridgehead atoms. The van der Waals surface area contributed by atoms with E-state index < -0.39 is 0 Å². The van der Waals surface area contributed by atoms with E-state index >= 15 is 0 Å². The number of aromatic amines is 1. The number of nitrogens with one attached hydrogen (secondary N) is 1. The largest absolute Gasteiger partial charge is 0.363 e. The minimum absolute atomic E-state index is 1.10. The van der Waals surface area contributed by atoms with E-state index in [0.717, 1.165) is 13.0 Å². The first-order valence-corrected chi connectivity index (χ1v) is 3.90. The lowest BCUT2D eigenvalue weighted by molar-refractivity contribution is 0.312. The summed E-state index contributed by atoms with van der Waals surface area (Å²) in [6, 6.07) is 2.12. The van der Waals surface area contributed by atoms with Crippen LogP contribution < -0.4 is 5.01 Å². The van der Waals surface area contributed by atoms with E-state index in [0.29, 0.717) is 0 Å². The van der Waals surface area contributed by atoms with Gasteiger partial charge in [0.2, 0.25) is 0 Å². The van der Waals surface area contributed by atoms with E-state index in [1.165, 1.54) is 11.4 Å². The van der Waals surface area contributed by atoms with Gasteiger partial charge in [-0.3, -0.25) is 0 Å². The zero-order valence-corrected chi connectivity index (χ0v) is 6.96. The van der Waals surface area contributed by atoms with Crippen LogP contribution in [0.1, 0.15) is 5.69 Å². The molecule has 3 heteroatoms. The van der Waals surface area contributed by atoms with Crippen LogP contribution in [0.4, 0.5) is 5.69 Å². The number of fused-ring (bicyclic) bond motifs is 1. The summed E-state index contributed by atoms with van der Waals surface area (Å²) in [6.45, 7) is 1.10. The van der Waals surface area contributed by atoms with Crippen LogP contribution in [0.25, 0.3) is 0 Å². The van der Waals surface area contributed by atoms with Crippen molar-refractivity contribution in [2.75, 3.05) is 25.6 Å². The van der Waals surface area contributed by atoms with Gasteiger partial charge in [0.05, 0.1) is 5.69 Å². The van der Waals surface area contributed by atoms with Gasteiger partial charge >= 0.3 is 0 Å². The van der Waals surface area contributed by atoms with Crippen molar-refractivity contribution in [3.8, 4) is 0 Å². The lowest BCUT2D eigenvalue weighted by atomic mass is 10.2. The summed E-state index contributed by atoms with van der Waals surface area (Å²) in [5, 5.41) is 4.39. The summed E-state index contributed by atoms with van der Waals surface area (Å²) in [5.74, 6) is 0. The molecule has 60 valence electrons. The number of hydrogen-bond donors (Lipinski definition) is 1. The Bertz CT molecular complexity index is 254. The molecule has 0 spiro atoms. The van der Waals surface area contributed by atoms with Crippen LogP contribution in [-0.2, 0) is 6.42 Å². The minimum atomic E-state index is 1.10. The van der Waals surface area contributed by atoms with Gasteiger partial charge in [-0.1, -0.05) is 0 Å². The first kappa shape index (κ1) is 6.73. The maximum absolute atomic E-state index is 3.24. The molecular formula is C8H13N3. The molecule has 0 fully saturated rings. The molecule has 0 unspecified atom stereocenters. The van der Waals surface area contributed by atoms with Gasteiger partial charge in [-0.05, 0) is 6.07 Å². The molecule has 2 rings (SSSR count). The molecule has 1 N–H and O–H groups in total. The second-order valence-electron chi connectivity index (χ2n) is 3.00. The van der Waals surface area contributed by atoms with Crippen LogP contribution in [0.15, 0.2) is 12.3 Å². The van der Waals surface area contributed by atoms with Crippen molar-refractivity contribution in [2.45, 2.75) is 6.42 Å². The summed E-state index contributed by atoms with van der Waals surface area (Å²) in [6.07, 6.45) is 3.13. The standard InChI is InChI=1S/C8H13N3/c1-10-6-4-7-8(11(10)2)3-5-9-7/h3,5,9H,4,6H2,1-2H3.